The minimum Gasteiger partial charge on any atom is -0.456 e. The van der Waals surface area contributed by atoms with Crippen LogP contribution in [0.15, 0.2) is 37.1 Å². The third-order valence-corrected chi connectivity index (χ3v) is 6.66. The first-order valence-corrected chi connectivity index (χ1v) is 12.0. The Labute approximate surface area is 218 Å². The number of piperidine rings is 1. The molecular weight excluding hydrogens is 529 g/mol. The van der Waals surface area contributed by atoms with Crippen LogP contribution < -0.4 is 16.0 Å². The van der Waals surface area contributed by atoms with Crippen molar-refractivity contribution in [2.24, 2.45) is 0 Å². The summed E-state index contributed by atoms with van der Waals surface area (Å²) in [5.74, 6) is -2.01. The first-order chi connectivity index (χ1) is 18.0. The lowest BCUT2D eigenvalue weighted by Crippen LogP contribution is -2.41. The van der Waals surface area contributed by atoms with Gasteiger partial charge in [0.05, 0.1) is 22.8 Å². The SMILES string of the molecule is CC(NC(=O)c1c(N)nn2cccnc12)c1cc(Cl)c2cncn2c1N1CCC(OC(=O)C(F)(F)F)CC1. The van der Waals surface area contributed by atoms with Gasteiger partial charge in [0.25, 0.3) is 5.91 Å². The van der Waals surface area contributed by atoms with E-state index in [1.54, 1.807) is 42.2 Å². The smallest absolute Gasteiger partial charge is 0.456 e. The largest absolute Gasteiger partial charge is 0.490 e. The number of hydrogen-bond donors (Lipinski definition) is 2. The lowest BCUT2D eigenvalue weighted by atomic mass is 10.0. The lowest BCUT2D eigenvalue weighted by Gasteiger charge is -2.35. The van der Waals surface area contributed by atoms with Gasteiger partial charge >= 0.3 is 12.1 Å². The van der Waals surface area contributed by atoms with E-state index >= 15 is 0 Å². The molecule has 5 heterocycles. The first-order valence-electron chi connectivity index (χ1n) is 11.6. The van der Waals surface area contributed by atoms with E-state index in [-0.39, 0.29) is 24.2 Å². The monoisotopic (exact) mass is 550 g/mol. The van der Waals surface area contributed by atoms with Crippen LogP contribution in [0, 0.1) is 0 Å². The highest BCUT2D eigenvalue weighted by Crippen LogP contribution is 2.35. The molecule has 5 rings (SSSR count). The van der Waals surface area contributed by atoms with Crippen molar-refractivity contribution in [3.8, 4) is 0 Å². The average molecular weight is 551 g/mol. The Morgan fingerprint density at radius 2 is 2.03 bits per heavy atom. The van der Waals surface area contributed by atoms with Gasteiger partial charge in [-0.3, -0.25) is 9.20 Å². The number of nitrogens with one attached hydrogen (secondary N) is 1. The molecule has 1 unspecified atom stereocenters. The van der Waals surface area contributed by atoms with Crippen LogP contribution in [0.1, 0.15) is 41.7 Å². The third kappa shape index (κ3) is 4.66. The fourth-order valence-corrected chi connectivity index (χ4v) is 4.84. The Morgan fingerprint density at radius 3 is 2.74 bits per heavy atom. The highest BCUT2D eigenvalue weighted by molar-refractivity contribution is 6.34. The number of amides is 1. The van der Waals surface area contributed by atoms with Crippen LogP contribution in [0.3, 0.4) is 0 Å². The van der Waals surface area contributed by atoms with E-state index in [2.05, 4.69) is 25.1 Å². The van der Waals surface area contributed by atoms with Gasteiger partial charge in [0.2, 0.25) is 0 Å². The van der Waals surface area contributed by atoms with Gasteiger partial charge in [-0.1, -0.05) is 11.6 Å². The minimum atomic E-state index is -5.04. The molecule has 3 N–H and O–H groups in total. The maximum atomic E-state index is 13.2. The van der Waals surface area contributed by atoms with Gasteiger partial charge in [-0.25, -0.2) is 19.3 Å². The van der Waals surface area contributed by atoms with Crippen molar-refractivity contribution in [2.75, 3.05) is 23.7 Å². The van der Waals surface area contributed by atoms with E-state index < -0.39 is 30.2 Å². The maximum absolute atomic E-state index is 13.2. The van der Waals surface area contributed by atoms with E-state index in [4.69, 9.17) is 17.3 Å². The second kappa shape index (κ2) is 9.67. The number of rotatable bonds is 5. The molecule has 4 aromatic rings. The highest BCUT2D eigenvalue weighted by Gasteiger charge is 2.42. The van der Waals surface area contributed by atoms with Crippen molar-refractivity contribution >= 4 is 46.3 Å². The molecule has 1 amide bonds. The molecule has 38 heavy (non-hydrogen) atoms. The fraction of sp³-hybridized carbons (Fsp3) is 0.348. The standard InChI is InChI=1S/C23H22ClF3N8O3/c1-12(31-20(36)17-18(28)32-35-6-2-5-30-19(17)35)14-9-15(24)16-10-29-11-34(16)21(14)33-7-3-13(4-8-33)38-22(37)23(25,26)27/h2,5-6,9-13H,3-4,7-8H2,1H3,(H2,28,32)(H,31,36). The van der Waals surface area contributed by atoms with Gasteiger partial charge in [-0.2, -0.15) is 13.2 Å². The van der Waals surface area contributed by atoms with Crippen LogP contribution in [0.5, 0.6) is 0 Å². The van der Waals surface area contributed by atoms with E-state index in [1.165, 1.54) is 10.7 Å². The molecule has 11 nitrogen and oxygen atoms in total. The molecule has 0 saturated carbocycles. The number of anilines is 2. The van der Waals surface area contributed by atoms with Crippen LogP contribution >= 0.6 is 11.6 Å². The van der Waals surface area contributed by atoms with Crippen molar-refractivity contribution in [1.29, 1.82) is 0 Å². The van der Waals surface area contributed by atoms with Crippen LogP contribution in [0.25, 0.3) is 11.2 Å². The number of hydrogen-bond acceptors (Lipinski definition) is 8. The number of nitrogen functional groups attached to an aromatic ring is 1. The number of esters is 1. The Balaban J connectivity index is 1.42. The van der Waals surface area contributed by atoms with Gasteiger partial charge in [0.1, 0.15) is 23.8 Å². The van der Waals surface area contributed by atoms with Gasteiger partial charge < -0.3 is 20.7 Å². The predicted molar refractivity (Wildman–Crippen MR) is 131 cm³/mol. The molecule has 15 heteroatoms. The zero-order chi connectivity index (χ0) is 27.2. The summed E-state index contributed by atoms with van der Waals surface area (Å²) in [4.78, 5) is 34.8. The molecule has 1 aliphatic heterocycles. The minimum absolute atomic E-state index is 0.0205. The second-order valence-corrected chi connectivity index (χ2v) is 9.26. The van der Waals surface area contributed by atoms with Crippen LogP contribution in [-0.4, -0.2) is 61.2 Å². The van der Waals surface area contributed by atoms with Gasteiger partial charge in [0, 0.05) is 43.9 Å². The van der Waals surface area contributed by atoms with Crippen LogP contribution in [-0.2, 0) is 9.53 Å². The molecule has 0 radical (unpaired) electrons. The molecule has 0 spiro atoms. The summed E-state index contributed by atoms with van der Waals surface area (Å²) in [6.45, 7) is 2.36. The predicted octanol–water partition coefficient (Wildman–Crippen LogP) is 3.18. The number of ether oxygens (including phenoxy) is 1. The fourth-order valence-electron chi connectivity index (χ4n) is 4.58. The van der Waals surface area contributed by atoms with E-state index in [0.29, 0.717) is 40.7 Å². The molecule has 1 aliphatic rings. The molecule has 1 fully saturated rings. The van der Waals surface area contributed by atoms with Gasteiger partial charge in [-0.05, 0) is 19.1 Å². The number of halogens is 4. The maximum Gasteiger partial charge on any atom is 0.490 e. The molecule has 0 aliphatic carbocycles. The van der Waals surface area contributed by atoms with Crippen LogP contribution in [0.4, 0.5) is 24.8 Å². The Morgan fingerprint density at radius 1 is 1.29 bits per heavy atom. The summed E-state index contributed by atoms with van der Waals surface area (Å²) in [5.41, 5.74) is 7.68. The number of nitrogens with zero attached hydrogens (tertiary/aromatic N) is 6. The summed E-state index contributed by atoms with van der Waals surface area (Å²) < 4.78 is 45.7. The number of nitrogens with two attached hydrogens (primary N) is 1. The van der Waals surface area contributed by atoms with E-state index in [1.807, 2.05) is 4.90 Å². The van der Waals surface area contributed by atoms with Crippen molar-refractivity contribution in [1.82, 2.24) is 29.3 Å². The number of fused-ring (bicyclic) bond motifs is 2. The summed E-state index contributed by atoms with van der Waals surface area (Å²) >= 11 is 6.52. The van der Waals surface area contributed by atoms with Crippen molar-refractivity contribution in [2.45, 2.75) is 38.1 Å². The van der Waals surface area contributed by atoms with Gasteiger partial charge in [-0.15, -0.1) is 5.10 Å². The normalized spacial score (nSPS) is 15.7. The topological polar surface area (TPSA) is 132 Å². The first kappa shape index (κ1) is 25.6. The number of aromatic nitrogens is 5. The molecular formula is C23H22ClF3N8O3. The molecule has 0 bridgehead atoms. The molecule has 1 saturated heterocycles. The van der Waals surface area contributed by atoms with Crippen molar-refractivity contribution < 1.29 is 27.5 Å². The third-order valence-electron chi connectivity index (χ3n) is 6.36. The molecule has 200 valence electrons. The molecule has 4 aromatic heterocycles. The number of alkyl halides is 3. The van der Waals surface area contributed by atoms with Crippen molar-refractivity contribution in [3.63, 3.8) is 0 Å². The summed E-state index contributed by atoms with van der Waals surface area (Å²) in [7, 11) is 0. The highest BCUT2D eigenvalue weighted by atomic mass is 35.5. The summed E-state index contributed by atoms with van der Waals surface area (Å²) in [6, 6.07) is 2.79. The zero-order valence-corrected chi connectivity index (χ0v) is 20.7. The van der Waals surface area contributed by atoms with Crippen LogP contribution in [0.2, 0.25) is 5.02 Å². The van der Waals surface area contributed by atoms with E-state index in [0.717, 1.165) is 0 Å². The Bertz CT molecular complexity index is 1530. The molecule has 0 aromatic carbocycles. The number of carbonyl (C=O) groups is 2. The average Bonchev–Trinajstić information content (AvgIpc) is 3.48. The second-order valence-electron chi connectivity index (χ2n) is 8.85. The summed E-state index contributed by atoms with van der Waals surface area (Å²) in [6.07, 6.45) is 0.766. The Hall–Kier alpha value is -4.07. The van der Waals surface area contributed by atoms with Crippen molar-refractivity contribution in [3.05, 3.63) is 53.2 Å². The quantitative estimate of drug-likeness (QED) is 0.362. The van der Waals surface area contributed by atoms with Gasteiger partial charge in [0.15, 0.2) is 11.5 Å². The summed E-state index contributed by atoms with van der Waals surface area (Å²) in [5, 5.41) is 7.44. The number of carbonyl (C=O) groups excluding carboxylic acids is 2. The number of imidazole rings is 1. The zero-order valence-electron chi connectivity index (χ0n) is 19.9. The molecule has 1 atom stereocenters. The lowest BCUT2D eigenvalue weighted by molar-refractivity contribution is -0.205. The number of pyridine rings is 1. The van der Waals surface area contributed by atoms with E-state index in [9.17, 15) is 22.8 Å². The Kier molecular flexibility index (Phi) is 6.51.